The van der Waals surface area contributed by atoms with E-state index < -0.39 is 0 Å². The molecule has 0 radical (unpaired) electrons. The number of nitrogens with zero attached hydrogens (tertiary/aromatic N) is 3. The normalized spacial score (nSPS) is 20.2. The minimum absolute atomic E-state index is 0.0163. The van der Waals surface area contributed by atoms with Crippen LogP contribution in [-0.4, -0.2) is 93.5 Å². The number of fused-ring (bicyclic) bond motifs is 1. The quantitative estimate of drug-likeness (QED) is 0.0168. The van der Waals surface area contributed by atoms with Gasteiger partial charge in [0.2, 0.25) is 18.2 Å². The van der Waals surface area contributed by atoms with E-state index in [1.54, 1.807) is 38.5 Å². The molecule has 0 spiro atoms. The summed E-state index contributed by atoms with van der Waals surface area (Å²) in [6, 6.07) is 13.5. The molecule has 64 heavy (non-hydrogen) atoms. The van der Waals surface area contributed by atoms with Crippen molar-refractivity contribution in [2.24, 2.45) is 39.7 Å². The molecule has 12 nitrogen and oxygen atoms in total. The average molecular weight is 897 g/mol. The largest absolute Gasteiger partial charge is 0.496 e. The Labute approximate surface area is 387 Å². The van der Waals surface area contributed by atoms with Gasteiger partial charge in [-0.25, -0.2) is 0 Å². The van der Waals surface area contributed by atoms with Crippen LogP contribution in [0.1, 0.15) is 115 Å². The van der Waals surface area contributed by atoms with Gasteiger partial charge >= 0.3 is 0 Å². The second-order valence-electron chi connectivity index (χ2n) is 20.6. The zero-order chi connectivity index (χ0) is 47.2. The molecule has 0 aromatic heterocycles. The topological polar surface area (TPSA) is 162 Å². The summed E-state index contributed by atoms with van der Waals surface area (Å²) >= 11 is 1.17. The first-order chi connectivity index (χ1) is 30.1. The van der Waals surface area contributed by atoms with Crippen LogP contribution in [0, 0.1) is 45.3 Å². The van der Waals surface area contributed by atoms with E-state index in [2.05, 4.69) is 95.6 Å². The fraction of sp³-hybridized carbons (Fsp3) is 0.588. The van der Waals surface area contributed by atoms with Crippen molar-refractivity contribution in [3.8, 4) is 17.6 Å². The summed E-state index contributed by atoms with van der Waals surface area (Å²) in [5.41, 5.74) is 11.4. The lowest BCUT2D eigenvalue weighted by Crippen LogP contribution is -2.52. The Morgan fingerprint density at radius 3 is 2.22 bits per heavy atom. The molecule has 2 bridgehead atoms. The maximum absolute atomic E-state index is 13.0. The molecule has 0 saturated heterocycles. The summed E-state index contributed by atoms with van der Waals surface area (Å²) in [6.07, 6.45) is 9.11. The third-order valence-electron chi connectivity index (χ3n) is 14.5. The summed E-state index contributed by atoms with van der Waals surface area (Å²) in [4.78, 5) is 38.6. The highest BCUT2D eigenvalue weighted by Crippen LogP contribution is 2.65. The smallest absolute Gasteiger partial charge is 0.251 e. The van der Waals surface area contributed by atoms with Crippen molar-refractivity contribution in [3.63, 3.8) is 0 Å². The van der Waals surface area contributed by atoms with Crippen LogP contribution in [0.5, 0.6) is 11.5 Å². The molecule has 0 aliphatic heterocycles. The van der Waals surface area contributed by atoms with Gasteiger partial charge in [-0.1, -0.05) is 73.1 Å². The van der Waals surface area contributed by atoms with Crippen LogP contribution >= 0.6 is 11.9 Å². The lowest BCUT2D eigenvalue weighted by atomic mass is 9.45. The number of likely N-dealkylation sites (N-methyl/N-ethyl adjacent to an activating group) is 1. The van der Waals surface area contributed by atoms with E-state index in [0.29, 0.717) is 56.5 Å². The maximum Gasteiger partial charge on any atom is 0.251 e. The molecule has 4 aliphatic rings. The highest BCUT2D eigenvalue weighted by molar-refractivity contribution is 7.97. The second-order valence-corrected chi connectivity index (χ2v) is 21.7. The Kier molecular flexibility index (Phi) is 16.1. The van der Waals surface area contributed by atoms with Crippen LogP contribution < -0.4 is 31.2 Å². The number of nitriles is 1. The first-order valence-electron chi connectivity index (χ1n) is 22.7. The van der Waals surface area contributed by atoms with E-state index in [1.807, 2.05) is 31.0 Å². The predicted octanol–water partition coefficient (Wildman–Crippen LogP) is 7.59. The van der Waals surface area contributed by atoms with Crippen molar-refractivity contribution in [1.82, 2.24) is 20.3 Å². The van der Waals surface area contributed by atoms with Gasteiger partial charge in [-0.15, -0.1) is 0 Å². The van der Waals surface area contributed by atoms with E-state index in [-0.39, 0.29) is 64.2 Å². The molecule has 2 aromatic carbocycles. The summed E-state index contributed by atoms with van der Waals surface area (Å²) in [7, 11) is 5.52. The highest BCUT2D eigenvalue weighted by atomic mass is 32.2. The zero-order valence-corrected chi connectivity index (χ0v) is 41.3. The highest BCUT2D eigenvalue weighted by Gasteiger charge is 2.56. The molecule has 348 valence electrons. The van der Waals surface area contributed by atoms with Crippen LogP contribution in [0.25, 0.3) is 0 Å². The summed E-state index contributed by atoms with van der Waals surface area (Å²) < 4.78 is 15.9. The third kappa shape index (κ3) is 11.5. The number of nitrogens with two attached hydrogens (primary N) is 1. The number of rotatable bonds is 23. The van der Waals surface area contributed by atoms with Crippen molar-refractivity contribution in [1.29, 1.82) is 5.26 Å². The number of carbonyl (C=O) groups is 3. The van der Waals surface area contributed by atoms with E-state index in [9.17, 15) is 19.6 Å². The van der Waals surface area contributed by atoms with Gasteiger partial charge in [-0.05, 0) is 126 Å². The molecule has 6 rings (SSSR count). The maximum atomic E-state index is 13.0. The number of amides is 3. The van der Waals surface area contributed by atoms with Gasteiger partial charge in [0.15, 0.2) is 0 Å². The average Bonchev–Trinajstić information content (AvgIpc) is 3.99. The Bertz CT molecular complexity index is 2140. The number of allylic oxidation sites excluding steroid dienone is 1. The van der Waals surface area contributed by atoms with Gasteiger partial charge in [-0.3, -0.25) is 28.6 Å². The molecular weight excluding hydrogens is 823 g/mol. The van der Waals surface area contributed by atoms with Crippen molar-refractivity contribution < 1.29 is 28.4 Å². The molecular formula is C51H74N7O5S+. The van der Waals surface area contributed by atoms with Crippen LogP contribution in [0.3, 0.4) is 0 Å². The van der Waals surface area contributed by atoms with Crippen LogP contribution in [0.2, 0.25) is 0 Å². The second kappa shape index (κ2) is 20.6. The summed E-state index contributed by atoms with van der Waals surface area (Å²) in [6.45, 7) is 23.2. The van der Waals surface area contributed by atoms with Crippen LogP contribution in [0.4, 0.5) is 0 Å². The zero-order valence-electron chi connectivity index (χ0n) is 40.4. The number of methoxy groups -OCH3 is 2. The van der Waals surface area contributed by atoms with Crippen LogP contribution in [-0.2, 0) is 15.0 Å². The molecule has 13 heteroatoms. The number of hydrogen-bond acceptors (Lipinski definition) is 8. The molecule has 1 fully saturated rings. The Balaban J connectivity index is 1.15. The van der Waals surface area contributed by atoms with Crippen molar-refractivity contribution >= 4 is 36.0 Å². The number of benzene rings is 2. The molecule has 4 atom stereocenters. The first-order valence-corrected chi connectivity index (χ1v) is 23.5. The summed E-state index contributed by atoms with van der Waals surface area (Å²) in [5.74, 6) is 2.31. The Hall–Kier alpha value is -4.80. The summed E-state index contributed by atoms with van der Waals surface area (Å²) in [5, 5.41) is 18.7. The molecule has 4 aliphatic carbocycles. The number of hydrogen-bond donors (Lipinski definition) is 4. The van der Waals surface area contributed by atoms with E-state index in [1.165, 1.54) is 27.4 Å². The SMILES string of the molecule is COc1cc(C(C)(C)C(C)(C)CC(C)(C)CN)cc(OC)c1C1C=C(CNC=[N+](C)CCNC(=O)c2ccc(SN(CC#N)C(=O)CCCNC(=O)C3C=C3C)cc2)C2CC1C2(C)C. The van der Waals surface area contributed by atoms with Gasteiger partial charge in [0.05, 0.1) is 39.8 Å². The van der Waals surface area contributed by atoms with E-state index >= 15 is 0 Å². The van der Waals surface area contributed by atoms with Gasteiger partial charge in [0.1, 0.15) is 31.1 Å². The Morgan fingerprint density at radius 2 is 1.66 bits per heavy atom. The Morgan fingerprint density at radius 1 is 1.02 bits per heavy atom. The molecule has 2 aromatic rings. The van der Waals surface area contributed by atoms with Gasteiger partial charge in [-0.2, -0.15) is 5.26 Å². The predicted molar refractivity (Wildman–Crippen MR) is 257 cm³/mol. The molecule has 0 heterocycles. The third-order valence-corrected chi connectivity index (χ3v) is 15.6. The molecule has 4 unspecified atom stereocenters. The van der Waals surface area contributed by atoms with Gasteiger partial charge in [0, 0.05) is 34.9 Å². The molecule has 1 saturated carbocycles. The van der Waals surface area contributed by atoms with Gasteiger partial charge < -0.3 is 25.8 Å². The standard InChI is InChI=1S/C51H73N7O5S/c1-33-24-38(33)47(61)55-20-13-14-44(59)58(22-19-52)64-37-17-15-34(16-18-37)46(60)56-21-23-57(10)32-54-29-35-25-39(41-28-40(35)50(41,6)7)45-42(62-11)26-36(27-43(45)63-12)51(8,9)49(4,5)30-48(2,3)31-53/h15-18,24-27,32,38-41H,13-14,20-23,28-31,53H2,1-12H3,(H2,55,56,60,61)/p+1. The monoisotopic (exact) mass is 897 g/mol. The van der Waals surface area contributed by atoms with Crippen molar-refractivity contribution in [3.05, 3.63) is 76.4 Å². The first kappa shape index (κ1) is 50.2. The number of ether oxygens (including phenoxy) is 2. The minimum atomic E-state index is -0.191. The lowest BCUT2D eigenvalue weighted by Gasteiger charge is -2.59. The van der Waals surface area contributed by atoms with Crippen molar-refractivity contribution in [2.75, 3.05) is 60.5 Å². The number of carbonyl (C=O) groups excluding carboxylic acids is 3. The molecule has 5 N–H and O–H groups in total. The molecule has 3 amide bonds. The fourth-order valence-corrected chi connectivity index (χ4v) is 10.5. The van der Waals surface area contributed by atoms with E-state index in [0.717, 1.165) is 40.4 Å². The number of nitrogens with one attached hydrogen (secondary N) is 3. The lowest BCUT2D eigenvalue weighted by molar-refractivity contribution is -0.492. The fourth-order valence-electron chi connectivity index (χ4n) is 9.68. The van der Waals surface area contributed by atoms with Crippen molar-refractivity contribution in [2.45, 2.75) is 104 Å². The van der Waals surface area contributed by atoms with Gasteiger partial charge in [0.25, 0.3) is 5.91 Å². The minimum Gasteiger partial charge on any atom is -0.496 e. The van der Waals surface area contributed by atoms with E-state index in [4.69, 9.17) is 15.2 Å². The van der Waals surface area contributed by atoms with Crippen LogP contribution in [0.15, 0.2) is 64.6 Å².